The SMILES string of the molecule is CCC(C)NC(=O)C(CC)N(Cc1cccc(OC)c1)C(=O)CN(c1ccc(Cl)cc1)S(=O)(=O)c1ccc(C)cc1. The van der Waals surface area contributed by atoms with E-state index >= 15 is 0 Å². The van der Waals surface area contributed by atoms with Crippen LogP contribution in [0.1, 0.15) is 44.7 Å². The lowest BCUT2D eigenvalue weighted by atomic mass is 10.1. The predicted molar refractivity (Wildman–Crippen MR) is 163 cm³/mol. The van der Waals surface area contributed by atoms with Gasteiger partial charge in [-0.05, 0) is 80.8 Å². The van der Waals surface area contributed by atoms with Gasteiger partial charge in [-0.25, -0.2) is 8.42 Å². The number of rotatable bonds is 13. The number of carbonyl (C=O) groups excluding carboxylic acids is 2. The van der Waals surface area contributed by atoms with Crippen LogP contribution in [0.5, 0.6) is 5.75 Å². The first-order chi connectivity index (χ1) is 19.5. The molecule has 0 aliphatic carbocycles. The molecule has 0 saturated heterocycles. The number of halogens is 1. The standard InChI is InChI=1S/C31H38ClN3O5S/c1-6-23(4)33-31(37)29(7-2)34(20-24-9-8-10-27(19-24)40-5)30(36)21-35(26-15-13-25(32)14-16-26)41(38,39)28-17-11-22(3)12-18-28/h8-19,23,29H,6-7,20-21H2,1-5H3,(H,33,37). The van der Waals surface area contributed by atoms with Gasteiger partial charge in [0.2, 0.25) is 11.8 Å². The summed E-state index contributed by atoms with van der Waals surface area (Å²) >= 11 is 6.09. The summed E-state index contributed by atoms with van der Waals surface area (Å²) in [4.78, 5) is 29.0. The quantitative estimate of drug-likeness (QED) is 0.277. The summed E-state index contributed by atoms with van der Waals surface area (Å²) in [5, 5.41) is 3.40. The third-order valence-electron chi connectivity index (χ3n) is 6.88. The Morgan fingerprint density at radius 3 is 2.22 bits per heavy atom. The summed E-state index contributed by atoms with van der Waals surface area (Å²) < 4.78 is 34.2. The number of anilines is 1. The Morgan fingerprint density at radius 2 is 1.63 bits per heavy atom. The number of hydrogen-bond donors (Lipinski definition) is 1. The molecule has 0 saturated carbocycles. The van der Waals surface area contributed by atoms with Crippen LogP contribution in [0, 0.1) is 6.92 Å². The van der Waals surface area contributed by atoms with Gasteiger partial charge in [0.25, 0.3) is 10.0 Å². The van der Waals surface area contributed by atoms with Crippen molar-refractivity contribution in [3.63, 3.8) is 0 Å². The van der Waals surface area contributed by atoms with Gasteiger partial charge in [-0.15, -0.1) is 0 Å². The van der Waals surface area contributed by atoms with Crippen LogP contribution in [-0.2, 0) is 26.2 Å². The summed E-state index contributed by atoms with van der Waals surface area (Å²) in [5.41, 5.74) is 1.93. The number of benzene rings is 3. The highest BCUT2D eigenvalue weighted by Crippen LogP contribution is 2.27. The average molecular weight is 600 g/mol. The first-order valence-corrected chi connectivity index (χ1v) is 15.4. The Bertz CT molecular complexity index is 1430. The van der Waals surface area contributed by atoms with Crippen LogP contribution in [0.2, 0.25) is 5.02 Å². The maximum atomic E-state index is 14.1. The van der Waals surface area contributed by atoms with Gasteiger partial charge in [0.1, 0.15) is 18.3 Å². The smallest absolute Gasteiger partial charge is 0.264 e. The van der Waals surface area contributed by atoms with E-state index in [0.717, 1.165) is 21.9 Å². The van der Waals surface area contributed by atoms with Gasteiger partial charge in [-0.2, -0.15) is 0 Å². The lowest BCUT2D eigenvalue weighted by Gasteiger charge is -2.33. The highest BCUT2D eigenvalue weighted by molar-refractivity contribution is 7.92. The summed E-state index contributed by atoms with van der Waals surface area (Å²) in [6.07, 6.45) is 1.06. The van der Waals surface area contributed by atoms with Crippen molar-refractivity contribution in [1.82, 2.24) is 10.2 Å². The highest BCUT2D eigenvalue weighted by Gasteiger charge is 2.34. The van der Waals surface area contributed by atoms with Crippen molar-refractivity contribution in [2.24, 2.45) is 0 Å². The minimum absolute atomic E-state index is 0.0479. The molecule has 2 unspecified atom stereocenters. The number of nitrogens with zero attached hydrogens (tertiary/aromatic N) is 2. The normalized spacial score (nSPS) is 12.7. The zero-order valence-corrected chi connectivity index (χ0v) is 25.7. The molecule has 0 radical (unpaired) electrons. The number of methoxy groups -OCH3 is 1. The van der Waals surface area contributed by atoms with Crippen molar-refractivity contribution in [3.8, 4) is 5.75 Å². The van der Waals surface area contributed by atoms with Crippen molar-refractivity contribution in [3.05, 3.63) is 88.9 Å². The minimum Gasteiger partial charge on any atom is -0.497 e. The Morgan fingerprint density at radius 1 is 0.976 bits per heavy atom. The zero-order valence-electron chi connectivity index (χ0n) is 24.1. The minimum atomic E-state index is -4.15. The Kier molecular flexibility index (Phi) is 11.2. The van der Waals surface area contributed by atoms with Crippen LogP contribution < -0.4 is 14.4 Å². The van der Waals surface area contributed by atoms with E-state index in [1.165, 1.54) is 17.0 Å². The van der Waals surface area contributed by atoms with Crippen molar-refractivity contribution < 1.29 is 22.7 Å². The largest absolute Gasteiger partial charge is 0.497 e. The highest BCUT2D eigenvalue weighted by atomic mass is 35.5. The number of amides is 2. The van der Waals surface area contributed by atoms with Crippen LogP contribution >= 0.6 is 11.6 Å². The van der Waals surface area contributed by atoms with E-state index < -0.39 is 28.5 Å². The lowest BCUT2D eigenvalue weighted by Crippen LogP contribution is -2.53. The monoisotopic (exact) mass is 599 g/mol. The fourth-order valence-corrected chi connectivity index (χ4v) is 5.84. The molecule has 3 rings (SSSR count). The molecule has 10 heteroatoms. The van der Waals surface area contributed by atoms with Crippen LogP contribution in [0.4, 0.5) is 5.69 Å². The fraction of sp³-hybridized carbons (Fsp3) is 0.355. The van der Waals surface area contributed by atoms with Crippen LogP contribution in [0.3, 0.4) is 0 Å². The van der Waals surface area contributed by atoms with Gasteiger partial charge in [-0.1, -0.05) is 55.3 Å². The van der Waals surface area contributed by atoms with E-state index in [2.05, 4.69) is 5.32 Å². The third-order valence-corrected chi connectivity index (χ3v) is 8.92. The number of nitrogens with one attached hydrogen (secondary N) is 1. The maximum absolute atomic E-state index is 14.1. The van der Waals surface area contributed by atoms with Gasteiger partial charge < -0.3 is 15.0 Å². The van der Waals surface area contributed by atoms with Gasteiger partial charge in [0, 0.05) is 17.6 Å². The molecular weight excluding hydrogens is 562 g/mol. The van der Waals surface area contributed by atoms with Crippen LogP contribution in [0.15, 0.2) is 77.7 Å². The number of sulfonamides is 1. The average Bonchev–Trinajstić information content (AvgIpc) is 2.96. The molecule has 41 heavy (non-hydrogen) atoms. The first-order valence-electron chi connectivity index (χ1n) is 13.6. The van der Waals surface area contributed by atoms with Gasteiger partial charge in [0.15, 0.2) is 0 Å². The molecule has 8 nitrogen and oxygen atoms in total. The summed E-state index contributed by atoms with van der Waals surface area (Å²) in [5.74, 6) is -0.209. The number of aryl methyl sites for hydroxylation is 1. The zero-order chi connectivity index (χ0) is 30.2. The number of carbonyl (C=O) groups is 2. The van der Waals surface area contributed by atoms with Gasteiger partial charge >= 0.3 is 0 Å². The summed E-state index contributed by atoms with van der Waals surface area (Å²) in [7, 11) is -2.60. The molecule has 3 aromatic carbocycles. The van der Waals surface area contributed by atoms with Crippen molar-refractivity contribution in [2.75, 3.05) is 18.0 Å². The number of ether oxygens (including phenoxy) is 1. The first kappa shape index (κ1) is 32.0. The summed E-state index contributed by atoms with van der Waals surface area (Å²) in [6.45, 7) is 7.12. The molecule has 2 atom stereocenters. The molecule has 0 aliphatic heterocycles. The molecule has 3 aromatic rings. The molecule has 2 amide bonds. The number of hydrogen-bond acceptors (Lipinski definition) is 5. The van der Waals surface area contributed by atoms with Gasteiger partial charge in [-0.3, -0.25) is 13.9 Å². The van der Waals surface area contributed by atoms with E-state index in [9.17, 15) is 18.0 Å². The van der Waals surface area contributed by atoms with Gasteiger partial charge in [0.05, 0.1) is 17.7 Å². The maximum Gasteiger partial charge on any atom is 0.264 e. The Hall–Kier alpha value is -3.56. The van der Waals surface area contributed by atoms with E-state index in [0.29, 0.717) is 17.2 Å². The molecule has 1 N–H and O–H groups in total. The van der Waals surface area contributed by atoms with Crippen molar-refractivity contribution in [1.29, 1.82) is 0 Å². The Balaban J connectivity index is 2.06. The lowest BCUT2D eigenvalue weighted by molar-refractivity contribution is -0.140. The fourth-order valence-electron chi connectivity index (χ4n) is 4.30. The molecule has 0 spiro atoms. The van der Waals surface area contributed by atoms with Crippen molar-refractivity contribution in [2.45, 2.75) is 64.1 Å². The van der Waals surface area contributed by atoms with Crippen LogP contribution in [-0.4, -0.2) is 50.9 Å². The van der Waals surface area contributed by atoms with E-state index in [1.807, 2.05) is 33.8 Å². The van der Waals surface area contributed by atoms with E-state index in [4.69, 9.17) is 16.3 Å². The molecule has 220 valence electrons. The molecular formula is C31H38ClN3O5S. The van der Waals surface area contributed by atoms with E-state index in [1.54, 1.807) is 61.7 Å². The molecule has 0 bridgehead atoms. The second-order valence-corrected chi connectivity index (χ2v) is 12.2. The second-order valence-electron chi connectivity index (χ2n) is 9.92. The third kappa shape index (κ3) is 8.24. The van der Waals surface area contributed by atoms with Crippen molar-refractivity contribution >= 4 is 39.1 Å². The molecule has 0 aliphatic rings. The summed E-state index contributed by atoms with van der Waals surface area (Å²) in [6, 6.07) is 19.0. The van der Waals surface area contributed by atoms with E-state index in [-0.39, 0.29) is 29.1 Å². The predicted octanol–water partition coefficient (Wildman–Crippen LogP) is 5.57. The second kappa shape index (κ2) is 14.4. The molecule has 0 aromatic heterocycles. The topological polar surface area (TPSA) is 96.0 Å². The Labute approximate surface area is 248 Å². The molecule has 0 fully saturated rings. The molecule has 0 heterocycles. The van der Waals surface area contributed by atoms with Crippen LogP contribution in [0.25, 0.3) is 0 Å².